The van der Waals surface area contributed by atoms with Gasteiger partial charge in [-0.15, -0.1) is 0 Å². The van der Waals surface area contributed by atoms with Gasteiger partial charge in [-0.25, -0.2) is 14.1 Å². The number of benzene rings is 1. The number of halogens is 4. The maximum Gasteiger partial charge on any atom is 0.419 e. The monoisotopic (exact) mass is 384 g/mol. The number of aromatic nitrogens is 4. The topological polar surface area (TPSA) is 83.8 Å². The molecule has 0 saturated heterocycles. The molecule has 0 aliphatic rings. The van der Waals surface area contributed by atoms with Crippen LogP contribution in [-0.4, -0.2) is 24.9 Å². The van der Waals surface area contributed by atoms with Crippen LogP contribution in [0.5, 0.6) is 0 Å². The Morgan fingerprint density at radius 3 is 2.59 bits per heavy atom. The molecule has 6 nitrogen and oxygen atoms in total. The lowest BCUT2D eigenvalue weighted by molar-refractivity contribution is -0.140. The second-order valence-corrected chi connectivity index (χ2v) is 6.06. The second-order valence-electron chi connectivity index (χ2n) is 6.06. The van der Waals surface area contributed by atoms with E-state index in [0.717, 1.165) is 6.07 Å². The van der Waals surface area contributed by atoms with Crippen molar-refractivity contribution in [3.8, 4) is 0 Å². The Hall–Kier alpha value is -2.75. The summed E-state index contributed by atoms with van der Waals surface area (Å²) in [6, 6.07) is 1.99. The van der Waals surface area contributed by atoms with Crippen LogP contribution >= 0.6 is 0 Å². The van der Waals surface area contributed by atoms with Crippen LogP contribution in [0, 0.1) is 12.7 Å². The third-order valence-corrected chi connectivity index (χ3v) is 4.27. The van der Waals surface area contributed by atoms with Crippen LogP contribution in [0.2, 0.25) is 0 Å². The molecule has 0 saturated carbocycles. The molecule has 144 valence electrons. The van der Waals surface area contributed by atoms with Crippen molar-refractivity contribution in [1.29, 1.82) is 0 Å². The van der Waals surface area contributed by atoms with Crippen molar-refractivity contribution in [1.82, 2.24) is 19.7 Å². The van der Waals surface area contributed by atoms with Gasteiger partial charge < -0.3 is 10.1 Å². The van der Waals surface area contributed by atoms with Gasteiger partial charge in [0.15, 0.2) is 5.65 Å². The first-order chi connectivity index (χ1) is 12.7. The van der Waals surface area contributed by atoms with Crippen molar-refractivity contribution in [3.05, 3.63) is 57.0 Å². The van der Waals surface area contributed by atoms with Gasteiger partial charge in [-0.3, -0.25) is 4.79 Å². The summed E-state index contributed by atoms with van der Waals surface area (Å²) in [5, 5.41) is 13.8. The SMILES string of the molecule is CCC(c1ccc(C(F)(F)F)c(F)c1)n1nc(CO)c2c(=O)[nH]c(C)nc21. The fourth-order valence-electron chi connectivity index (χ4n) is 3.07. The summed E-state index contributed by atoms with van der Waals surface area (Å²) in [5.41, 5.74) is -1.33. The van der Waals surface area contributed by atoms with Crippen LogP contribution in [-0.2, 0) is 12.8 Å². The highest BCUT2D eigenvalue weighted by molar-refractivity contribution is 5.77. The zero-order valence-electron chi connectivity index (χ0n) is 14.4. The number of nitrogens with one attached hydrogen (secondary N) is 1. The van der Waals surface area contributed by atoms with Gasteiger partial charge in [-0.05, 0) is 31.0 Å². The average Bonchev–Trinajstić information content (AvgIpc) is 2.93. The summed E-state index contributed by atoms with van der Waals surface area (Å²) in [6.07, 6.45) is -4.45. The third-order valence-electron chi connectivity index (χ3n) is 4.27. The smallest absolute Gasteiger partial charge is 0.390 e. The van der Waals surface area contributed by atoms with Crippen molar-refractivity contribution < 1.29 is 22.7 Å². The number of alkyl halides is 3. The second kappa shape index (κ2) is 6.76. The summed E-state index contributed by atoms with van der Waals surface area (Å²) < 4.78 is 53.7. The molecule has 0 spiro atoms. The van der Waals surface area contributed by atoms with Gasteiger partial charge in [0, 0.05) is 0 Å². The third kappa shape index (κ3) is 3.32. The van der Waals surface area contributed by atoms with Gasteiger partial charge in [0.25, 0.3) is 5.56 Å². The lowest BCUT2D eigenvalue weighted by Crippen LogP contribution is -2.16. The van der Waals surface area contributed by atoms with E-state index >= 15 is 0 Å². The van der Waals surface area contributed by atoms with Crippen LogP contribution in [0.4, 0.5) is 17.6 Å². The lowest BCUT2D eigenvalue weighted by Gasteiger charge is -2.18. The lowest BCUT2D eigenvalue weighted by atomic mass is 10.0. The summed E-state index contributed by atoms with van der Waals surface area (Å²) in [4.78, 5) is 19.0. The molecule has 2 N–H and O–H groups in total. The number of nitrogens with zero attached hydrogens (tertiary/aromatic N) is 3. The Morgan fingerprint density at radius 2 is 2.04 bits per heavy atom. The zero-order chi connectivity index (χ0) is 19.9. The molecule has 2 aromatic heterocycles. The molecule has 0 aliphatic heterocycles. The first-order valence-corrected chi connectivity index (χ1v) is 8.12. The zero-order valence-corrected chi connectivity index (χ0v) is 14.4. The number of fused-ring (bicyclic) bond motifs is 1. The molecule has 1 aromatic carbocycles. The van der Waals surface area contributed by atoms with Gasteiger partial charge >= 0.3 is 6.18 Å². The van der Waals surface area contributed by atoms with Crippen molar-refractivity contribution in [2.45, 2.75) is 39.1 Å². The van der Waals surface area contributed by atoms with E-state index in [1.54, 1.807) is 13.8 Å². The summed E-state index contributed by atoms with van der Waals surface area (Å²) >= 11 is 0. The quantitative estimate of drug-likeness (QED) is 0.677. The highest BCUT2D eigenvalue weighted by Crippen LogP contribution is 2.34. The van der Waals surface area contributed by atoms with Crippen LogP contribution in [0.15, 0.2) is 23.0 Å². The number of aryl methyl sites for hydroxylation is 1. The minimum Gasteiger partial charge on any atom is -0.390 e. The van der Waals surface area contributed by atoms with Gasteiger partial charge in [0.05, 0.1) is 18.2 Å². The van der Waals surface area contributed by atoms with E-state index in [2.05, 4.69) is 15.1 Å². The largest absolute Gasteiger partial charge is 0.419 e. The van der Waals surface area contributed by atoms with Crippen LogP contribution in [0.3, 0.4) is 0 Å². The van der Waals surface area contributed by atoms with E-state index in [4.69, 9.17) is 0 Å². The fraction of sp³-hybridized carbons (Fsp3) is 0.353. The molecule has 0 radical (unpaired) electrons. The Morgan fingerprint density at radius 1 is 1.33 bits per heavy atom. The molecule has 0 aliphatic carbocycles. The van der Waals surface area contributed by atoms with Crippen molar-refractivity contribution >= 4 is 11.0 Å². The summed E-state index contributed by atoms with van der Waals surface area (Å²) in [5.74, 6) is -1.08. The number of H-pyrrole nitrogens is 1. The molecule has 3 rings (SSSR count). The molecule has 10 heteroatoms. The number of rotatable bonds is 4. The first kappa shape index (κ1) is 19.0. The standard InChI is InChI=1S/C17H16F4N4O2/c1-3-13(9-4-5-10(11(18)6-9)17(19,20)21)25-15-14(12(7-26)24-25)16(27)23-8(2)22-15/h4-6,13,26H,3,7H2,1-2H3,(H,22,23,27). The predicted molar refractivity (Wildman–Crippen MR) is 88.6 cm³/mol. The minimum atomic E-state index is -4.79. The Labute approximate surface area is 150 Å². The number of aliphatic hydroxyl groups excluding tert-OH is 1. The van der Waals surface area contributed by atoms with Crippen molar-refractivity contribution in [3.63, 3.8) is 0 Å². The van der Waals surface area contributed by atoms with E-state index in [1.807, 2.05) is 0 Å². The molecule has 2 heterocycles. The maximum atomic E-state index is 14.0. The Balaban J connectivity index is 2.20. The molecule has 1 unspecified atom stereocenters. The number of aromatic amines is 1. The highest BCUT2D eigenvalue weighted by Gasteiger charge is 2.34. The molecule has 1 atom stereocenters. The van der Waals surface area contributed by atoms with E-state index in [9.17, 15) is 27.5 Å². The van der Waals surface area contributed by atoms with E-state index in [0.29, 0.717) is 18.3 Å². The van der Waals surface area contributed by atoms with Gasteiger partial charge in [0.2, 0.25) is 0 Å². The molecule has 27 heavy (non-hydrogen) atoms. The number of hydrogen-bond acceptors (Lipinski definition) is 4. The van der Waals surface area contributed by atoms with Crippen molar-refractivity contribution in [2.75, 3.05) is 0 Å². The van der Waals surface area contributed by atoms with Crippen LogP contribution in [0.25, 0.3) is 11.0 Å². The minimum absolute atomic E-state index is 0.0876. The van der Waals surface area contributed by atoms with Gasteiger partial charge in [-0.1, -0.05) is 13.0 Å². The summed E-state index contributed by atoms with van der Waals surface area (Å²) in [6.45, 7) is 2.79. The van der Waals surface area contributed by atoms with Crippen molar-refractivity contribution in [2.24, 2.45) is 0 Å². The first-order valence-electron chi connectivity index (χ1n) is 8.12. The maximum absolute atomic E-state index is 14.0. The Bertz CT molecular complexity index is 1060. The van der Waals surface area contributed by atoms with Gasteiger partial charge in [0.1, 0.15) is 22.7 Å². The molecular formula is C17H16F4N4O2. The van der Waals surface area contributed by atoms with E-state index in [1.165, 1.54) is 10.7 Å². The molecule has 0 bridgehead atoms. The highest BCUT2D eigenvalue weighted by atomic mass is 19.4. The van der Waals surface area contributed by atoms with Crippen LogP contribution in [0.1, 0.15) is 42.0 Å². The predicted octanol–water partition coefficient (Wildman–Crippen LogP) is 3.08. The molecule has 3 aromatic rings. The molecular weight excluding hydrogens is 368 g/mol. The number of hydrogen-bond donors (Lipinski definition) is 2. The normalized spacial score (nSPS) is 13.3. The summed E-state index contributed by atoms with van der Waals surface area (Å²) in [7, 11) is 0. The van der Waals surface area contributed by atoms with Gasteiger partial charge in [-0.2, -0.15) is 18.3 Å². The van der Waals surface area contributed by atoms with E-state index < -0.39 is 35.8 Å². The average molecular weight is 384 g/mol. The number of aliphatic hydroxyl groups is 1. The molecule has 0 amide bonds. The van der Waals surface area contributed by atoms with E-state index in [-0.39, 0.29) is 22.3 Å². The Kier molecular flexibility index (Phi) is 4.77. The fourth-order valence-corrected chi connectivity index (χ4v) is 3.07. The molecule has 0 fully saturated rings. The van der Waals surface area contributed by atoms with Crippen LogP contribution < -0.4 is 5.56 Å².